The highest BCUT2D eigenvalue weighted by Crippen LogP contribution is 2.40. The molecule has 7 heteroatoms. The number of benzene rings is 1. The second-order valence-corrected chi connectivity index (χ2v) is 6.99. The molecule has 1 heterocycles. The molecule has 0 amide bonds. The lowest BCUT2D eigenvalue weighted by Crippen LogP contribution is -2.37. The number of thioether (sulfide) groups is 1. The summed E-state index contributed by atoms with van der Waals surface area (Å²) in [5.41, 5.74) is 5.98. The van der Waals surface area contributed by atoms with Gasteiger partial charge >= 0.3 is 5.97 Å². The number of rotatable bonds is 3. The minimum atomic E-state index is -0.678. The highest BCUT2D eigenvalue weighted by Gasteiger charge is 2.39. The normalized spacial score (nSPS) is 25.3. The van der Waals surface area contributed by atoms with Crippen LogP contribution in [-0.4, -0.2) is 23.0 Å². The van der Waals surface area contributed by atoms with Crippen molar-refractivity contribution in [1.29, 1.82) is 0 Å². The molecule has 2 N–H and O–H groups in total. The van der Waals surface area contributed by atoms with E-state index in [4.69, 9.17) is 10.5 Å². The van der Waals surface area contributed by atoms with Gasteiger partial charge in [-0.3, -0.25) is 9.79 Å². The van der Waals surface area contributed by atoms with E-state index in [0.717, 1.165) is 5.56 Å². The highest BCUT2D eigenvalue weighted by atomic mass is 79.9. The van der Waals surface area contributed by atoms with Crippen LogP contribution in [0, 0.1) is 5.82 Å². The molecule has 1 aromatic carbocycles. The van der Waals surface area contributed by atoms with Crippen molar-refractivity contribution in [1.82, 2.24) is 0 Å². The van der Waals surface area contributed by atoms with Crippen LogP contribution in [0.25, 0.3) is 0 Å². The topological polar surface area (TPSA) is 64.7 Å². The Balaban J connectivity index is 2.33. The molecule has 4 nitrogen and oxygen atoms in total. The maximum Gasteiger partial charge on any atom is 0.319 e. The van der Waals surface area contributed by atoms with Crippen molar-refractivity contribution in [2.75, 3.05) is 6.61 Å². The number of carbonyl (C=O) groups excluding carboxylic acids is 1. The van der Waals surface area contributed by atoms with Crippen molar-refractivity contribution >= 4 is 38.8 Å². The van der Waals surface area contributed by atoms with Gasteiger partial charge in [-0.2, -0.15) is 0 Å². The number of esters is 1. The van der Waals surface area contributed by atoms with Crippen molar-refractivity contribution in [2.24, 2.45) is 10.7 Å². The molecule has 2 atom stereocenters. The Kier molecular flexibility index (Phi) is 4.93. The third-order valence-electron chi connectivity index (χ3n) is 3.29. The number of aliphatic imine (C=N–C) groups is 1. The lowest BCUT2D eigenvalue weighted by Gasteiger charge is -2.33. The molecule has 0 radical (unpaired) electrons. The van der Waals surface area contributed by atoms with Gasteiger partial charge in [-0.25, -0.2) is 4.39 Å². The van der Waals surface area contributed by atoms with E-state index < -0.39 is 10.8 Å². The first-order chi connectivity index (χ1) is 9.85. The summed E-state index contributed by atoms with van der Waals surface area (Å²) in [5, 5.41) is -0.0708. The smallest absolute Gasteiger partial charge is 0.319 e. The predicted octanol–water partition coefficient (Wildman–Crippen LogP) is 3.19. The fraction of sp³-hybridized carbons (Fsp3) is 0.429. The van der Waals surface area contributed by atoms with Gasteiger partial charge in [0.2, 0.25) is 0 Å². The monoisotopic (exact) mass is 374 g/mol. The summed E-state index contributed by atoms with van der Waals surface area (Å²) in [6.45, 7) is 3.97. The molecular formula is C14H16BrFN2O2S. The molecule has 1 aliphatic rings. The Labute approximate surface area is 135 Å². The molecule has 1 aromatic rings. The Hall–Kier alpha value is -1.08. The molecule has 2 rings (SSSR count). The van der Waals surface area contributed by atoms with Crippen LogP contribution in [0.3, 0.4) is 0 Å². The fourth-order valence-electron chi connectivity index (χ4n) is 2.24. The lowest BCUT2D eigenvalue weighted by atomic mass is 9.87. The zero-order valence-corrected chi connectivity index (χ0v) is 14.1. The van der Waals surface area contributed by atoms with Gasteiger partial charge in [-0.1, -0.05) is 17.8 Å². The summed E-state index contributed by atoms with van der Waals surface area (Å²) in [7, 11) is 0. The standard InChI is InChI=1S/C14H16BrFN2O2S/c1-3-20-12(19)11-7-14(2,18-13(17)21-11)8-4-5-10(16)9(15)6-8/h4-6,11H,3,7H2,1-2H3,(H2,17,18). The molecule has 0 bridgehead atoms. The van der Waals surface area contributed by atoms with Crippen molar-refractivity contribution < 1.29 is 13.9 Å². The van der Waals surface area contributed by atoms with Gasteiger partial charge in [-0.15, -0.1) is 0 Å². The number of hydrogen-bond acceptors (Lipinski definition) is 5. The number of amidine groups is 1. The molecule has 0 spiro atoms. The average molecular weight is 375 g/mol. The largest absolute Gasteiger partial charge is 0.465 e. The summed E-state index contributed by atoms with van der Waals surface area (Å²) < 4.78 is 18.8. The Bertz CT molecular complexity index is 596. The summed E-state index contributed by atoms with van der Waals surface area (Å²) >= 11 is 4.38. The molecule has 0 fully saturated rings. The molecule has 0 aromatic heterocycles. The van der Waals surface area contributed by atoms with Crippen LogP contribution in [0.15, 0.2) is 27.7 Å². The van der Waals surface area contributed by atoms with E-state index in [1.54, 1.807) is 19.1 Å². The second-order valence-electron chi connectivity index (χ2n) is 4.92. The van der Waals surface area contributed by atoms with Gasteiger partial charge in [0.05, 0.1) is 16.6 Å². The quantitative estimate of drug-likeness (QED) is 0.825. The first kappa shape index (κ1) is 16.3. The van der Waals surface area contributed by atoms with Crippen LogP contribution < -0.4 is 5.73 Å². The van der Waals surface area contributed by atoms with E-state index in [2.05, 4.69) is 20.9 Å². The van der Waals surface area contributed by atoms with Crippen LogP contribution >= 0.6 is 27.7 Å². The van der Waals surface area contributed by atoms with Gasteiger partial charge in [0.15, 0.2) is 5.17 Å². The van der Waals surface area contributed by atoms with Gasteiger partial charge < -0.3 is 10.5 Å². The van der Waals surface area contributed by atoms with E-state index in [1.165, 1.54) is 17.8 Å². The fourth-order valence-corrected chi connectivity index (χ4v) is 3.74. The summed E-state index contributed by atoms with van der Waals surface area (Å²) in [6.07, 6.45) is 0.454. The van der Waals surface area contributed by atoms with Crippen LogP contribution in [0.1, 0.15) is 25.8 Å². The average Bonchev–Trinajstić information content (AvgIpc) is 2.41. The van der Waals surface area contributed by atoms with E-state index in [0.29, 0.717) is 22.7 Å². The van der Waals surface area contributed by atoms with Crippen molar-refractivity contribution in [3.63, 3.8) is 0 Å². The van der Waals surface area contributed by atoms with Crippen molar-refractivity contribution in [3.8, 4) is 0 Å². The zero-order valence-electron chi connectivity index (χ0n) is 11.7. The van der Waals surface area contributed by atoms with E-state index in [-0.39, 0.29) is 11.8 Å². The molecule has 0 saturated heterocycles. The van der Waals surface area contributed by atoms with Crippen LogP contribution in [-0.2, 0) is 15.1 Å². The molecule has 0 saturated carbocycles. The lowest BCUT2D eigenvalue weighted by molar-refractivity contribution is -0.142. The minimum absolute atomic E-state index is 0.298. The zero-order chi connectivity index (χ0) is 15.6. The molecule has 2 unspecified atom stereocenters. The third kappa shape index (κ3) is 3.58. The van der Waals surface area contributed by atoms with Crippen LogP contribution in [0.5, 0.6) is 0 Å². The number of nitrogens with two attached hydrogens (primary N) is 1. The number of carbonyl (C=O) groups is 1. The molecule has 1 aliphatic heterocycles. The van der Waals surface area contributed by atoms with Gasteiger partial charge in [0.25, 0.3) is 0 Å². The molecule has 114 valence electrons. The SMILES string of the molecule is CCOC(=O)C1CC(C)(c2ccc(F)c(Br)c2)N=C(N)S1. The maximum absolute atomic E-state index is 13.4. The first-order valence-corrected chi connectivity index (χ1v) is 8.17. The maximum atomic E-state index is 13.4. The molecule has 0 aliphatic carbocycles. The third-order valence-corrected chi connectivity index (χ3v) is 4.88. The van der Waals surface area contributed by atoms with E-state index in [9.17, 15) is 9.18 Å². The Morgan fingerprint density at radius 2 is 2.38 bits per heavy atom. The van der Waals surface area contributed by atoms with Gasteiger partial charge in [0, 0.05) is 0 Å². The number of halogens is 2. The van der Waals surface area contributed by atoms with Gasteiger partial charge in [-0.05, 0) is 53.9 Å². The van der Waals surface area contributed by atoms with Crippen molar-refractivity contribution in [2.45, 2.75) is 31.1 Å². The number of hydrogen-bond donors (Lipinski definition) is 1. The van der Waals surface area contributed by atoms with E-state index in [1.807, 2.05) is 6.92 Å². The Morgan fingerprint density at radius 3 is 3.00 bits per heavy atom. The summed E-state index contributed by atoms with van der Waals surface area (Å²) in [5.74, 6) is -0.640. The second kappa shape index (κ2) is 6.36. The number of nitrogens with zero attached hydrogens (tertiary/aromatic N) is 1. The van der Waals surface area contributed by atoms with Crippen LogP contribution in [0.4, 0.5) is 4.39 Å². The van der Waals surface area contributed by atoms with E-state index >= 15 is 0 Å². The van der Waals surface area contributed by atoms with Crippen LogP contribution in [0.2, 0.25) is 0 Å². The Morgan fingerprint density at radius 1 is 1.67 bits per heavy atom. The highest BCUT2D eigenvalue weighted by molar-refractivity contribution is 9.10. The molecule has 21 heavy (non-hydrogen) atoms. The predicted molar refractivity (Wildman–Crippen MR) is 85.7 cm³/mol. The summed E-state index contributed by atoms with van der Waals surface area (Å²) in [4.78, 5) is 16.4. The number of ether oxygens (including phenoxy) is 1. The van der Waals surface area contributed by atoms with Crippen molar-refractivity contribution in [3.05, 3.63) is 34.1 Å². The van der Waals surface area contributed by atoms with Gasteiger partial charge in [0.1, 0.15) is 11.1 Å². The molecular weight excluding hydrogens is 359 g/mol. The first-order valence-electron chi connectivity index (χ1n) is 6.50. The minimum Gasteiger partial charge on any atom is -0.465 e. The summed E-state index contributed by atoms with van der Waals surface area (Å²) in [6, 6.07) is 4.71.